The number of hydrogen-bond donors (Lipinski definition) is 0. The Bertz CT molecular complexity index is 544. The van der Waals surface area contributed by atoms with E-state index in [2.05, 4.69) is 55.7 Å². The van der Waals surface area contributed by atoms with Gasteiger partial charge in [-0.25, -0.2) is 0 Å². The topological polar surface area (TPSA) is 36.0 Å². The van der Waals surface area contributed by atoms with Crippen molar-refractivity contribution in [3.8, 4) is 5.75 Å². The third-order valence-corrected chi connectivity index (χ3v) is 5.25. The van der Waals surface area contributed by atoms with Crippen molar-refractivity contribution in [3.05, 3.63) is 29.3 Å². The molecule has 1 heterocycles. The highest BCUT2D eigenvalue weighted by Gasteiger charge is 2.21. The molecule has 1 aromatic carbocycles. The molecule has 0 saturated carbocycles. The van der Waals surface area contributed by atoms with Crippen LogP contribution in [0.5, 0.6) is 5.75 Å². The molecule has 1 fully saturated rings. The number of rotatable bonds is 9. The van der Waals surface area contributed by atoms with Crippen molar-refractivity contribution in [2.75, 3.05) is 59.0 Å². The van der Waals surface area contributed by atoms with Crippen LogP contribution in [-0.4, -0.2) is 79.6 Å². The van der Waals surface area contributed by atoms with Gasteiger partial charge in [-0.15, -0.1) is 0 Å². The molecule has 146 valence electrons. The van der Waals surface area contributed by atoms with Crippen LogP contribution in [0.25, 0.3) is 0 Å². The van der Waals surface area contributed by atoms with Crippen LogP contribution in [0.3, 0.4) is 0 Å². The summed E-state index contributed by atoms with van der Waals surface area (Å²) in [7, 11) is 0. The van der Waals surface area contributed by atoms with Crippen LogP contribution in [0.4, 0.5) is 0 Å². The summed E-state index contributed by atoms with van der Waals surface area (Å²) in [5.41, 5.74) is 2.40. The maximum Gasteiger partial charge on any atom is 0.236 e. The summed E-state index contributed by atoms with van der Waals surface area (Å²) in [6.45, 7) is 16.2. The van der Waals surface area contributed by atoms with E-state index in [4.69, 9.17) is 4.74 Å². The van der Waals surface area contributed by atoms with Gasteiger partial charge in [-0.1, -0.05) is 32.0 Å². The summed E-state index contributed by atoms with van der Waals surface area (Å²) in [6, 6.07) is 6.26. The molecule has 1 amide bonds. The number of para-hydroxylation sites is 1. The highest BCUT2D eigenvalue weighted by molar-refractivity contribution is 5.78. The maximum atomic E-state index is 12.4. The van der Waals surface area contributed by atoms with Crippen LogP contribution < -0.4 is 4.74 Å². The number of piperazine rings is 1. The lowest BCUT2D eigenvalue weighted by atomic mass is 10.1. The van der Waals surface area contributed by atoms with Gasteiger partial charge in [0.15, 0.2) is 0 Å². The Morgan fingerprint density at radius 2 is 1.69 bits per heavy atom. The van der Waals surface area contributed by atoms with E-state index in [0.29, 0.717) is 6.54 Å². The van der Waals surface area contributed by atoms with Gasteiger partial charge in [0.1, 0.15) is 5.75 Å². The zero-order valence-electron chi connectivity index (χ0n) is 17.0. The monoisotopic (exact) mass is 361 g/mol. The van der Waals surface area contributed by atoms with Gasteiger partial charge < -0.3 is 9.64 Å². The van der Waals surface area contributed by atoms with E-state index >= 15 is 0 Å². The van der Waals surface area contributed by atoms with Gasteiger partial charge in [0.25, 0.3) is 0 Å². The molecule has 1 aliphatic rings. The van der Waals surface area contributed by atoms with Crippen molar-refractivity contribution < 1.29 is 9.53 Å². The fourth-order valence-corrected chi connectivity index (χ4v) is 3.45. The molecular weight excluding hydrogens is 326 g/mol. The van der Waals surface area contributed by atoms with Crippen molar-refractivity contribution in [1.29, 1.82) is 0 Å². The fourth-order valence-electron chi connectivity index (χ4n) is 3.45. The Labute approximate surface area is 158 Å². The molecule has 0 unspecified atom stereocenters. The van der Waals surface area contributed by atoms with E-state index in [-0.39, 0.29) is 5.91 Å². The van der Waals surface area contributed by atoms with Gasteiger partial charge >= 0.3 is 0 Å². The Balaban J connectivity index is 1.65. The third-order valence-electron chi connectivity index (χ3n) is 5.25. The average molecular weight is 362 g/mol. The normalized spacial score (nSPS) is 15.5. The Morgan fingerprint density at radius 1 is 1.08 bits per heavy atom. The minimum atomic E-state index is 0.270. The Kier molecular flexibility index (Phi) is 8.39. The van der Waals surface area contributed by atoms with E-state index < -0.39 is 0 Å². The van der Waals surface area contributed by atoms with E-state index in [1.165, 1.54) is 11.1 Å². The lowest BCUT2D eigenvalue weighted by molar-refractivity contribution is -0.134. The van der Waals surface area contributed by atoms with E-state index in [0.717, 1.165) is 64.6 Å². The van der Waals surface area contributed by atoms with Crippen LogP contribution in [0.1, 0.15) is 31.4 Å². The lowest BCUT2D eigenvalue weighted by Gasteiger charge is -2.35. The van der Waals surface area contributed by atoms with E-state index in [9.17, 15) is 4.79 Å². The summed E-state index contributed by atoms with van der Waals surface area (Å²) in [4.78, 5) is 19.0. The van der Waals surface area contributed by atoms with Gasteiger partial charge in [0.05, 0.1) is 13.2 Å². The molecule has 26 heavy (non-hydrogen) atoms. The standard InChI is InChI=1S/C21H35N3O2/c1-5-22(6-2)17-20(25)24-14-12-23(13-15-24)11-8-16-26-21-18(3)9-7-10-19(21)4/h7,9-10H,5-6,8,11-17H2,1-4H3. The van der Waals surface area contributed by atoms with Gasteiger partial charge in [-0.3, -0.25) is 14.6 Å². The number of likely N-dealkylation sites (N-methyl/N-ethyl adjacent to an activating group) is 1. The maximum absolute atomic E-state index is 12.4. The number of carbonyl (C=O) groups is 1. The van der Waals surface area contributed by atoms with Gasteiger partial charge in [-0.05, 0) is 44.5 Å². The summed E-state index contributed by atoms with van der Waals surface area (Å²) in [6.07, 6.45) is 1.02. The summed E-state index contributed by atoms with van der Waals surface area (Å²) >= 11 is 0. The fraction of sp³-hybridized carbons (Fsp3) is 0.667. The molecule has 5 nitrogen and oxygen atoms in total. The SMILES string of the molecule is CCN(CC)CC(=O)N1CCN(CCCOc2c(C)cccc2C)CC1. The van der Waals surface area contributed by atoms with Crippen molar-refractivity contribution in [1.82, 2.24) is 14.7 Å². The highest BCUT2D eigenvalue weighted by Crippen LogP contribution is 2.22. The second-order valence-electron chi connectivity index (χ2n) is 7.11. The minimum Gasteiger partial charge on any atom is -0.493 e. The van der Waals surface area contributed by atoms with Crippen LogP contribution in [0, 0.1) is 13.8 Å². The molecule has 0 aromatic heterocycles. The first-order valence-corrected chi connectivity index (χ1v) is 9.96. The zero-order chi connectivity index (χ0) is 18.9. The molecule has 5 heteroatoms. The molecule has 2 rings (SSSR count). The molecule has 1 aromatic rings. The predicted octanol–water partition coefficient (Wildman–Crippen LogP) is 2.56. The predicted molar refractivity (Wildman–Crippen MR) is 107 cm³/mol. The van der Waals surface area contributed by atoms with Crippen molar-refractivity contribution in [3.63, 3.8) is 0 Å². The number of carbonyl (C=O) groups excluding carboxylic acids is 1. The summed E-state index contributed by atoms with van der Waals surface area (Å²) < 4.78 is 5.99. The van der Waals surface area contributed by atoms with Crippen LogP contribution in [0.15, 0.2) is 18.2 Å². The first-order chi connectivity index (χ1) is 12.5. The van der Waals surface area contributed by atoms with Gasteiger partial charge in [0, 0.05) is 32.7 Å². The molecule has 1 saturated heterocycles. The molecule has 1 aliphatic heterocycles. The van der Waals surface area contributed by atoms with E-state index in [1.54, 1.807) is 0 Å². The van der Waals surface area contributed by atoms with Crippen LogP contribution in [-0.2, 0) is 4.79 Å². The average Bonchev–Trinajstić information content (AvgIpc) is 2.65. The first-order valence-electron chi connectivity index (χ1n) is 9.96. The number of aryl methyl sites for hydroxylation is 2. The molecule has 0 spiro atoms. The minimum absolute atomic E-state index is 0.270. The van der Waals surface area contributed by atoms with E-state index in [1.807, 2.05) is 4.90 Å². The smallest absolute Gasteiger partial charge is 0.236 e. The second-order valence-corrected chi connectivity index (χ2v) is 7.11. The number of ether oxygens (including phenoxy) is 1. The molecule has 0 aliphatic carbocycles. The third kappa shape index (κ3) is 5.99. The number of amides is 1. The Hall–Kier alpha value is -1.59. The largest absolute Gasteiger partial charge is 0.493 e. The van der Waals surface area contributed by atoms with Crippen LogP contribution >= 0.6 is 0 Å². The molecular formula is C21H35N3O2. The van der Waals surface area contributed by atoms with Gasteiger partial charge in [-0.2, -0.15) is 0 Å². The van der Waals surface area contributed by atoms with Crippen molar-refractivity contribution >= 4 is 5.91 Å². The van der Waals surface area contributed by atoms with Gasteiger partial charge in [0.2, 0.25) is 5.91 Å². The molecule has 0 bridgehead atoms. The number of hydrogen-bond acceptors (Lipinski definition) is 4. The van der Waals surface area contributed by atoms with Crippen molar-refractivity contribution in [2.45, 2.75) is 34.1 Å². The first kappa shape index (κ1) is 20.7. The summed E-state index contributed by atoms with van der Waals surface area (Å²) in [5.74, 6) is 1.30. The lowest BCUT2D eigenvalue weighted by Crippen LogP contribution is -2.51. The summed E-state index contributed by atoms with van der Waals surface area (Å²) in [5, 5.41) is 0. The van der Waals surface area contributed by atoms with Crippen molar-refractivity contribution in [2.24, 2.45) is 0 Å². The number of benzene rings is 1. The quantitative estimate of drug-likeness (QED) is 0.634. The molecule has 0 radical (unpaired) electrons. The zero-order valence-corrected chi connectivity index (χ0v) is 17.0. The number of nitrogens with zero attached hydrogens (tertiary/aromatic N) is 3. The second kappa shape index (κ2) is 10.5. The molecule has 0 N–H and O–H groups in total. The molecule has 0 atom stereocenters. The highest BCUT2D eigenvalue weighted by atomic mass is 16.5. The Morgan fingerprint density at radius 3 is 2.27 bits per heavy atom. The van der Waals surface area contributed by atoms with Crippen LogP contribution in [0.2, 0.25) is 0 Å².